The zero-order valence-corrected chi connectivity index (χ0v) is 13.8. The van der Waals surface area contributed by atoms with E-state index in [2.05, 4.69) is 20.6 Å². The average Bonchev–Trinajstić information content (AvgIpc) is 2.66. The molecule has 0 unspecified atom stereocenters. The van der Waals surface area contributed by atoms with Gasteiger partial charge in [-0.15, -0.1) is 0 Å². The van der Waals surface area contributed by atoms with E-state index < -0.39 is 0 Å². The molecule has 3 aromatic rings. The fraction of sp³-hybridized carbons (Fsp3) is 0.158. The zero-order chi connectivity index (χ0) is 17.6. The highest BCUT2D eigenvalue weighted by Crippen LogP contribution is 2.21. The first kappa shape index (κ1) is 16.6. The van der Waals surface area contributed by atoms with Crippen LogP contribution in [0.5, 0.6) is 0 Å². The van der Waals surface area contributed by atoms with E-state index in [1.807, 2.05) is 31.2 Å². The standard InChI is InChI=1S/C19H18N4O2/c1-2-9-22-18(24)14-8-11-20-16(12-14)19(25)23-15-7-3-5-13-6-4-10-21-17(13)15/h3-8,10-12H,2,9H2,1H3,(H,22,24)(H,23,25). The van der Waals surface area contributed by atoms with Crippen molar-refractivity contribution in [2.75, 3.05) is 11.9 Å². The van der Waals surface area contributed by atoms with Gasteiger partial charge in [-0.1, -0.05) is 25.1 Å². The van der Waals surface area contributed by atoms with Crippen LogP contribution in [0.3, 0.4) is 0 Å². The van der Waals surface area contributed by atoms with Gasteiger partial charge in [0.05, 0.1) is 11.2 Å². The van der Waals surface area contributed by atoms with Gasteiger partial charge in [-0.25, -0.2) is 0 Å². The van der Waals surface area contributed by atoms with Crippen molar-refractivity contribution in [3.8, 4) is 0 Å². The van der Waals surface area contributed by atoms with Gasteiger partial charge in [-0.3, -0.25) is 19.6 Å². The Labute approximate surface area is 145 Å². The van der Waals surface area contributed by atoms with Crippen LogP contribution >= 0.6 is 0 Å². The van der Waals surface area contributed by atoms with Crippen molar-refractivity contribution in [3.63, 3.8) is 0 Å². The maximum atomic E-state index is 12.5. The minimum atomic E-state index is -0.386. The van der Waals surface area contributed by atoms with Gasteiger partial charge < -0.3 is 10.6 Å². The average molecular weight is 334 g/mol. The number of nitrogens with one attached hydrogen (secondary N) is 2. The van der Waals surface area contributed by atoms with E-state index >= 15 is 0 Å². The number of carbonyl (C=O) groups excluding carboxylic acids is 2. The third-order valence-electron chi connectivity index (χ3n) is 3.67. The van der Waals surface area contributed by atoms with Crippen molar-refractivity contribution in [3.05, 3.63) is 66.1 Å². The van der Waals surface area contributed by atoms with Gasteiger partial charge in [-0.2, -0.15) is 0 Å². The van der Waals surface area contributed by atoms with Gasteiger partial charge in [0.2, 0.25) is 0 Å². The van der Waals surface area contributed by atoms with Crippen LogP contribution in [0.25, 0.3) is 10.9 Å². The normalized spacial score (nSPS) is 10.4. The van der Waals surface area contributed by atoms with E-state index in [0.29, 0.717) is 23.3 Å². The van der Waals surface area contributed by atoms with Crippen molar-refractivity contribution in [1.29, 1.82) is 0 Å². The Hall–Kier alpha value is -3.28. The van der Waals surface area contributed by atoms with E-state index in [-0.39, 0.29) is 17.5 Å². The van der Waals surface area contributed by atoms with E-state index in [4.69, 9.17) is 0 Å². The molecule has 126 valence electrons. The van der Waals surface area contributed by atoms with E-state index in [1.54, 1.807) is 18.3 Å². The fourth-order valence-electron chi connectivity index (χ4n) is 2.43. The van der Waals surface area contributed by atoms with Crippen LogP contribution in [0.4, 0.5) is 5.69 Å². The van der Waals surface area contributed by atoms with E-state index in [0.717, 1.165) is 11.8 Å². The molecule has 0 bridgehead atoms. The van der Waals surface area contributed by atoms with Crippen LogP contribution in [-0.2, 0) is 0 Å². The maximum absolute atomic E-state index is 12.5. The Balaban J connectivity index is 1.82. The number of para-hydroxylation sites is 1. The van der Waals surface area contributed by atoms with Crippen molar-refractivity contribution in [2.45, 2.75) is 13.3 Å². The minimum absolute atomic E-state index is 0.178. The van der Waals surface area contributed by atoms with Gasteiger partial charge >= 0.3 is 0 Å². The van der Waals surface area contributed by atoms with Gasteiger partial charge in [0.15, 0.2) is 0 Å². The predicted molar refractivity (Wildman–Crippen MR) is 96.6 cm³/mol. The number of rotatable bonds is 5. The summed E-state index contributed by atoms with van der Waals surface area (Å²) in [4.78, 5) is 32.9. The largest absolute Gasteiger partial charge is 0.352 e. The number of carbonyl (C=O) groups is 2. The molecule has 2 heterocycles. The second kappa shape index (κ2) is 7.53. The van der Waals surface area contributed by atoms with Crippen LogP contribution < -0.4 is 10.6 Å². The number of nitrogens with zero attached hydrogens (tertiary/aromatic N) is 2. The third-order valence-corrected chi connectivity index (χ3v) is 3.67. The van der Waals surface area contributed by atoms with E-state index in [1.165, 1.54) is 12.3 Å². The fourth-order valence-corrected chi connectivity index (χ4v) is 2.43. The summed E-state index contributed by atoms with van der Waals surface area (Å²) >= 11 is 0. The molecule has 0 radical (unpaired) electrons. The summed E-state index contributed by atoms with van der Waals surface area (Å²) in [6, 6.07) is 12.4. The molecule has 0 saturated heterocycles. The highest BCUT2D eigenvalue weighted by molar-refractivity contribution is 6.08. The van der Waals surface area contributed by atoms with Crippen LogP contribution in [0.1, 0.15) is 34.2 Å². The van der Waals surface area contributed by atoms with Crippen molar-refractivity contribution >= 4 is 28.4 Å². The lowest BCUT2D eigenvalue weighted by Gasteiger charge is -2.08. The SMILES string of the molecule is CCCNC(=O)c1ccnc(C(=O)Nc2cccc3cccnc23)c1. The number of amides is 2. The first-order valence-electron chi connectivity index (χ1n) is 8.08. The molecule has 0 fully saturated rings. The Morgan fingerprint density at radius 2 is 1.84 bits per heavy atom. The molecular weight excluding hydrogens is 316 g/mol. The second-order valence-corrected chi connectivity index (χ2v) is 5.52. The summed E-state index contributed by atoms with van der Waals surface area (Å²) in [5, 5.41) is 6.53. The van der Waals surface area contributed by atoms with Crippen molar-refractivity contribution in [1.82, 2.24) is 15.3 Å². The summed E-state index contributed by atoms with van der Waals surface area (Å²) in [6.45, 7) is 2.56. The van der Waals surface area contributed by atoms with Gasteiger partial charge in [0, 0.05) is 29.9 Å². The zero-order valence-electron chi connectivity index (χ0n) is 13.8. The van der Waals surface area contributed by atoms with Gasteiger partial charge in [-0.05, 0) is 30.7 Å². The summed E-state index contributed by atoms with van der Waals surface area (Å²) in [5.74, 6) is -0.603. The number of pyridine rings is 2. The molecule has 3 rings (SSSR count). The Morgan fingerprint density at radius 3 is 2.68 bits per heavy atom. The molecule has 0 spiro atoms. The molecule has 6 heteroatoms. The first-order valence-corrected chi connectivity index (χ1v) is 8.08. The van der Waals surface area contributed by atoms with Crippen LogP contribution in [-0.4, -0.2) is 28.3 Å². The summed E-state index contributed by atoms with van der Waals surface area (Å²) in [5.41, 5.74) is 1.89. The van der Waals surface area contributed by atoms with Crippen LogP contribution in [0.2, 0.25) is 0 Å². The van der Waals surface area contributed by atoms with Crippen LogP contribution in [0, 0.1) is 0 Å². The lowest BCUT2D eigenvalue weighted by molar-refractivity contribution is 0.0953. The van der Waals surface area contributed by atoms with Crippen LogP contribution in [0.15, 0.2) is 54.9 Å². The van der Waals surface area contributed by atoms with Gasteiger partial charge in [0.1, 0.15) is 5.69 Å². The van der Waals surface area contributed by atoms with Gasteiger partial charge in [0.25, 0.3) is 11.8 Å². The lowest BCUT2D eigenvalue weighted by atomic mass is 10.1. The summed E-state index contributed by atoms with van der Waals surface area (Å²) in [7, 11) is 0. The Bertz CT molecular complexity index is 919. The third kappa shape index (κ3) is 3.80. The Morgan fingerprint density at radius 1 is 1.00 bits per heavy atom. The highest BCUT2D eigenvalue weighted by Gasteiger charge is 2.13. The number of hydrogen-bond donors (Lipinski definition) is 2. The first-order chi connectivity index (χ1) is 12.2. The molecule has 0 aliphatic heterocycles. The molecule has 0 aliphatic carbocycles. The molecule has 2 aromatic heterocycles. The molecule has 0 aliphatic rings. The molecule has 2 N–H and O–H groups in total. The number of aromatic nitrogens is 2. The summed E-state index contributed by atoms with van der Waals surface area (Å²) in [6.07, 6.45) is 3.98. The molecule has 0 saturated carbocycles. The molecule has 2 amide bonds. The molecule has 6 nitrogen and oxygen atoms in total. The quantitative estimate of drug-likeness (QED) is 0.751. The molecule has 0 atom stereocenters. The molecular formula is C19H18N4O2. The van der Waals surface area contributed by atoms with Crippen molar-refractivity contribution < 1.29 is 9.59 Å². The molecule has 1 aromatic carbocycles. The number of hydrogen-bond acceptors (Lipinski definition) is 4. The smallest absolute Gasteiger partial charge is 0.274 e. The maximum Gasteiger partial charge on any atom is 0.274 e. The monoisotopic (exact) mass is 334 g/mol. The number of anilines is 1. The number of fused-ring (bicyclic) bond motifs is 1. The predicted octanol–water partition coefficient (Wildman–Crippen LogP) is 3.02. The lowest BCUT2D eigenvalue weighted by Crippen LogP contribution is -2.24. The minimum Gasteiger partial charge on any atom is -0.352 e. The number of benzene rings is 1. The second-order valence-electron chi connectivity index (χ2n) is 5.52. The van der Waals surface area contributed by atoms with Crippen molar-refractivity contribution in [2.24, 2.45) is 0 Å². The Kier molecular flexibility index (Phi) is 4.99. The summed E-state index contributed by atoms with van der Waals surface area (Å²) < 4.78 is 0. The van der Waals surface area contributed by atoms with E-state index in [9.17, 15) is 9.59 Å². The molecule has 25 heavy (non-hydrogen) atoms. The highest BCUT2D eigenvalue weighted by atomic mass is 16.2. The topological polar surface area (TPSA) is 84.0 Å².